The summed E-state index contributed by atoms with van der Waals surface area (Å²) in [5.74, 6) is -0.905. The molecule has 2 aromatic rings. The third kappa shape index (κ3) is 3.89. The fourth-order valence-electron chi connectivity index (χ4n) is 1.59. The summed E-state index contributed by atoms with van der Waals surface area (Å²) in [5, 5.41) is 5.51. The van der Waals surface area contributed by atoms with Gasteiger partial charge in [-0.15, -0.1) is 0 Å². The Morgan fingerprint density at radius 3 is 2.58 bits per heavy atom. The number of ether oxygens (including phenoxy) is 1. The quantitative estimate of drug-likeness (QED) is 0.604. The van der Waals surface area contributed by atoms with Crippen molar-refractivity contribution in [1.29, 1.82) is 0 Å². The molecule has 0 saturated carbocycles. The molecule has 128 valence electrons. The lowest BCUT2D eigenvalue weighted by Gasteiger charge is -2.13. The molecule has 0 aromatic carbocycles. The molecule has 0 fully saturated rings. The van der Waals surface area contributed by atoms with Crippen molar-refractivity contribution in [2.75, 3.05) is 11.1 Å². The molecule has 8 nitrogen and oxygen atoms in total. The number of nitrogens with zero attached hydrogens (tertiary/aromatic N) is 2. The second-order valence-corrected chi connectivity index (χ2v) is 5.77. The summed E-state index contributed by atoms with van der Waals surface area (Å²) in [6, 6.07) is 1.50. The molecular weight excluding hydrogens is 383 g/mol. The van der Waals surface area contributed by atoms with E-state index >= 15 is 0 Å². The van der Waals surface area contributed by atoms with Crippen molar-refractivity contribution in [1.82, 2.24) is 10.1 Å². The summed E-state index contributed by atoms with van der Waals surface area (Å²) in [7, 11) is 0. The van der Waals surface area contributed by atoms with Gasteiger partial charge in [-0.2, -0.15) is 0 Å². The van der Waals surface area contributed by atoms with Gasteiger partial charge in [0, 0.05) is 6.07 Å². The number of nitrogens with two attached hydrogens (primary N) is 1. The highest BCUT2D eigenvalue weighted by atomic mass is 35.5. The number of carbonyl (C=O) groups excluding carboxylic acids is 2. The van der Waals surface area contributed by atoms with Crippen LogP contribution in [0.5, 0.6) is 0 Å². The number of amides is 1. The maximum Gasteiger partial charge on any atom is 0.359 e. The first-order valence-corrected chi connectivity index (χ1v) is 7.59. The molecule has 0 aliphatic carbocycles. The van der Waals surface area contributed by atoms with E-state index in [2.05, 4.69) is 15.5 Å². The van der Waals surface area contributed by atoms with Crippen molar-refractivity contribution >= 4 is 58.2 Å². The number of carbonyl (C=O) groups is 2. The first kappa shape index (κ1) is 18.3. The van der Waals surface area contributed by atoms with Crippen molar-refractivity contribution in [2.24, 2.45) is 0 Å². The Balaban J connectivity index is 2.10. The molecule has 3 N–H and O–H groups in total. The van der Waals surface area contributed by atoms with Crippen molar-refractivity contribution in [3.8, 4) is 0 Å². The Bertz CT molecular complexity index is 809. The lowest BCUT2D eigenvalue weighted by molar-refractivity contribution is -0.123. The molecule has 0 radical (unpaired) electrons. The van der Waals surface area contributed by atoms with Gasteiger partial charge in [0.05, 0.1) is 10.7 Å². The molecule has 0 bridgehead atoms. The van der Waals surface area contributed by atoms with Crippen LogP contribution < -0.4 is 11.1 Å². The van der Waals surface area contributed by atoms with E-state index in [0.29, 0.717) is 5.76 Å². The van der Waals surface area contributed by atoms with Crippen LogP contribution in [0, 0.1) is 6.92 Å². The number of anilines is 2. The van der Waals surface area contributed by atoms with Gasteiger partial charge in [0.1, 0.15) is 10.8 Å². The molecule has 0 aliphatic rings. The monoisotopic (exact) mass is 392 g/mol. The molecule has 2 aromatic heterocycles. The number of pyridine rings is 1. The Kier molecular flexibility index (Phi) is 5.53. The molecular formula is C13H11Cl3N4O4. The topological polar surface area (TPSA) is 120 Å². The molecule has 1 amide bonds. The van der Waals surface area contributed by atoms with Gasteiger partial charge in [-0.25, -0.2) is 9.78 Å². The fraction of sp³-hybridized carbons (Fsp3) is 0.231. The first-order valence-electron chi connectivity index (χ1n) is 6.45. The normalized spacial score (nSPS) is 11.9. The highest BCUT2D eigenvalue weighted by Crippen LogP contribution is 2.34. The lowest BCUT2D eigenvalue weighted by atomic mass is 10.3. The van der Waals surface area contributed by atoms with Crippen LogP contribution in [0.1, 0.15) is 23.2 Å². The van der Waals surface area contributed by atoms with Gasteiger partial charge < -0.3 is 20.3 Å². The standard InChI is InChI=1S/C13H11Cl3N4O4/c1-4-3-6(20-24-4)18-12(21)5(2)23-13(22)10-7(14)9(17)8(15)11(16)19-10/h3,5H,1-2H3,(H2,17,19)(H,18,20,21). The predicted octanol–water partition coefficient (Wildman–Crippen LogP) is 3.10. The summed E-state index contributed by atoms with van der Waals surface area (Å²) in [5.41, 5.74) is 5.16. The van der Waals surface area contributed by atoms with Crippen LogP contribution in [-0.4, -0.2) is 28.1 Å². The van der Waals surface area contributed by atoms with E-state index in [1.165, 1.54) is 13.0 Å². The number of rotatable bonds is 4. The fourth-order valence-corrected chi connectivity index (χ4v) is 2.18. The zero-order chi connectivity index (χ0) is 18.0. The SMILES string of the molecule is Cc1cc(NC(=O)C(C)OC(=O)c2nc(Cl)c(Cl)c(N)c2Cl)no1. The first-order chi connectivity index (χ1) is 11.2. The van der Waals surface area contributed by atoms with Gasteiger partial charge in [0.25, 0.3) is 5.91 Å². The van der Waals surface area contributed by atoms with Crippen molar-refractivity contribution < 1.29 is 18.8 Å². The van der Waals surface area contributed by atoms with Gasteiger partial charge in [-0.1, -0.05) is 40.0 Å². The van der Waals surface area contributed by atoms with E-state index in [1.807, 2.05) is 0 Å². The number of esters is 1. The maximum atomic E-state index is 12.1. The van der Waals surface area contributed by atoms with Crippen LogP contribution in [0.4, 0.5) is 11.5 Å². The van der Waals surface area contributed by atoms with Gasteiger partial charge in [-0.3, -0.25) is 4.79 Å². The van der Waals surface area contributed by atoms with Crippen molar-refractivity contribution in [2.45, 2.75) is 20.0 Å². The summed E-state index contributed by atoms with van der Waals surface area (Å²) >= 11 is 17.4. The van der Waals surface area contributed by atoms with Gasteiger partial charge in [-0.05, 0) is 13.8 Å². The average molecular weight is 394 g/mol. The van der Waals surface area contributed by atoms with Gasteiger partial charge in [0.2, 0.25) is 0 Å². The zero-order valence-electron chi connectivity index (χ0n) is 12.4. The zero-order valence-corrected chi connectivity index (χ0v) is 14.7. The van der Waals surface area contributed by atoms with Crippen LogP contribution in [0.3, 0.4) is 0 Å². The molecule has 0 aliphatic heterocycles. The largest absolute Gasteiger partial charge is 0.448 e. The minimum Gasteiger partial charge on any atom is -0.448 e. The third-order valence-corrected chi connectivity index (χ3v) is 3.93. The number of aryl methyl sites for hydroxylation is 1. The minimum absolute atomic E-state index is 0.0783. The van der Waals surface area contributed by atoms with Crippen LogP contribution in [0.2, 0.25) is 15.2 Å². The summed E-state index contributed by atoms with van der Waals surface area (Å²) < 4.78 is 9.80. The van der Waals surface area contributed by atoms with Gasteiger partial charge in [0.15, 0.2) is 22.8 Å². The number of nitrogens with one attached hydrogen (secondary N) is 1. The van der Waals surface area contributed by atoms with E-state index in [1.54, 1.807) is 6.92 Å². The Labute approximate surface area is 151 Å². The molecule has 2 heterocycles. The molecule has 2 rings (SSSR count). The third-order valence-electron chi connectivity index (χ3n) is 2.80. The second-order valence-electron chi connectivity index (χ2n) is 4.65. The van der Waals surface area contributed by atoms with E-state index in [9.17, 15) is 9.59 Å². The predicted molar refractivity (Wildman–Crippen MR) is 88.4 cm³/mol. The summed E-state index contributed by atoms with van der Waals surface area (Å²) in [6.07, 6.45) is -1.16. The van der Waals surface area contributed by atoms with Crippen LogP contribution >= 0.6 is 34.8 Å². The number of hydrogen-bond acceptors (Lipinski definition) is 7. The van der Waals surface area contributed by atoms with Crippen molar-refractivity contribution in [3.05, 3.63) is 32.7 Å². The Morgan fingerprint density at radius 2 is 2.00 bits per heavy atom. The highest BCUT2D eigenvalue weighted by Gasteiger charge is 2.25. The molecule has 0 saturated heterocycles. The maximum absolute atomic E-state index is 12.1. The molecule has 11 heteroatoms. The van der Waals surface area contributed by atoms with E-state index in [0.717, 1.165) is 0 Å². The molecule has 1 atom stereocenters. The van der Waals surface area contributed by atoms with Crippen LogP contribution in [0.25, 0.3) is 0 Å². The summed E-state index contributed by atoms with van der Waals surface area (Å²) in [4.78, 5) is 27.8. The number of aromatic nitrogens is 2. The number of halogens is 3. The minimum atomic E-state index is -1.16. The van der Waals surface area contributed by atoms with Crippen molar-refractivity contribution in [3.63, 3.8) is 0 Å². The average Bonchev–Trinajstić information content (AvgIpc) is 2.93. The van der Waals surface area contributed by atoms with E-state index in [4.69, 9.17) is 49.8 Å². The Morgan fingerprint density at radius 1 is 1.33 bits per heavy atom. The van der Waals surface area contributed by atoms with Crippen LogP contribution in [0.15, 0.2) is 10.6 Å². The molecule has 24 heavy (non-hydrogen) atoms. The van der Waals surface area contributed by atoms with E-state index < -0.39 is 18.0 Å². The van der Waals surface area contributed by atoms with Gasteiger partial charge >= 0.3 is 5.97 Å². The molecule has 0 spiro atoms. The lowest BCUT2D eigenvalue weighted by Crippen LogP contribution is -2.30. The smallest absolute Gasteiger partial charge is 0.359 e. The highest BCUT2D eigenvalue weighted by molar-refractivity contribution is 6.46. The Hall–Kier alpha value is -2.03. The number of hydrogen-bond donors (Lipinski definition) is 2. The second kappa shape index (κ2) is 7.25. The molecule has 1 unspecified atom stereocenters. The van der Waals surface area contributed by atoms with E-state index in [-0.39, 0.29) is 32.4 Å². The van der Waals surface area contributed by atoms with Crippen LogP contribution in [-0.2, 0) is 9.53 Å². The summed E-state index contributed by atoms with van der Waals surface area (Å²) in [6.45, 7) is 3.02. The number of nitrogen functional groups attached to an aromatic ring is 1.